The van der Waals surface area contributed by atoms with Crippen LogP contribution in [-0.4, -0.2) is 59.0 Å². The molecule has 0 aromatic heterocycles. The van der Waals surface area contributed by atoms with Gasteiger partial charge < -0.3 is 14.5 Å². The van der Waals surface area contributed by atoms with E-state index in [1.165, 1.54) is 0 Å². The molecule has 2 aliphatic rings. The Bertz CT molecular complexity index is 404. The molecular formula is C15H25ClN2O3. The molecule has 6 heteroatoms. The van der Waals surface area contributed by atoms with Crippen LogP contribution in [0.25, 0.3) is 0 Å². The molecule has 1 atom stereocenters. The van der Waals surface area contributed by atoms with E-state index in [2.05, 4.69) is 0 Å². The molecule has 0 spiro atoms. The second-order valence-electron chi connectivity index (χ2n) is 6.99. The third-order valence-electron chi connectivity index (χ3n) is 3.82. The maximum atomic E-state index is 12.3. The summed E-state index contributed by atoms with van der Waals surface area (Å²) in [6.07, 6.45) is 2.80. The fourth-order valence-electron chi connectivity index (χ4n) is 2.65. The zero-order chi connectivity index (χ0) is 15.6. The average Bonchev–Trinajstić information content (AvgIpc) is 3.11. The average molecular weight is 317 g/mol. The number of ether oxygens (including phenoxy) is 1. The van der Waals surface area contributed by atoms with Crippen molar-refractivity contribution in [3.8, 4) is 0 Å². The first kappa shape index (κ1) is 16.4. The Morgan fingerprint density at radius 1 is 1.29 bits per heavy atom. The van der Waals surface area contributed by atoms with E-state index in [1.54, 1.807) is 4.90 Å². The number of carbonyl (C=O) groups is 2. The number of likely N-dealkylation sites (tertiary alicyclic amines) is 1. The lowest BCUT2D eigenvalue weighted by molar-refractivity contribution is -0.127. The fourth-order valence-corrected chi connectivity index (χ4v) is 2.82. The van der Waals surface area contributed by atoms with Crippen LogP contribution >= 0.6 is 11.6 Å². The summed E-state index contributed by atoms with van der Waals surface area (Å²) in [5.74, 6) is 0.338. The van der Waals surface area contributed by atoms with Crippen molar-refractivity contribution in [3.05, 3.63) is 0 Å². The third-order valence-corrected chi connectivity index (χ3v) is 4.05. The fraction of sp³-hybridized carbons (Fsp3) is 0.867. The van der Waals surface area contributed by atoms with Gasteiger partial charge in [-0.15, -0.1) is 11.6 Å². The van der Waals surface area contributed by atoms with Gasteiger partial charge in [-0.3, -0.25) is 4.79 Å². The van der Waals surface area contributed by atoms with Crippen molar-refractivity contribution >= 4 is 23.6 Å². The monoisotopic (exact) mass is 316 g/mol. The Labute approximate surface area is 131 Å². The van der Waals surface area contributed by atoms with E-state index >= 15 is 0 Å². The van der Waals surface area contributed by atoms with E-state index < -0.39 is 5.60 Å². The molecule has 1 heterocycles. The molecule has 1 unspecified atom stereocenters. The smallest absolute Gasteiger partial charge is 0.410 e. The Hall–Kier alpha value is -0.970. The van der Waals surface area contributed by atoms with Crippen LogP contribution in [-0.2, 0) is 9.53 Å². The van der Waals surface area contributed by atoms with Crippen molar-refractivity contribution in [2.75, 3.05) is 25.5 Å². The largest absolute Gasteiger partial charge is 0.444 e. The van der Waals surface area contributed by atoms with Crippen molar-refractivity contribution in [1.82, 2.24) is 9.80 Å². The highest BCUT2D eigenvalue weighted by Crippen LogP contribution is 2.30. The van der Waals surface area contributed by atoms with Gasteiger partial charge >= 0.3 is 6.09 Å². The van der Waals surface area contributed by atoms with Crippen LogP contribution in [0.4, 0.5) is 4.79 Å². The Kier molecular flexibility index (Phi) is 5.02. The van der Waals surface area contributed by atoms with Gasteiger partial charge in [0.1, 0.15) is 11.5 Å². The second-order valence-corrected chi connectivity index (χ2v) is 7.26. The molecule has 1 saturated carbocycles. The Balaban J connectivity index is 1.89. The number of hydrogen-bond acceptors (Lipinski definition) is 3. The standard InChI is InChI=1S/C15H25ClN2O3/c1-15(2,3)21-14(20)18(12-4-5-12)10-11-6-7-17(9-11)13(19)8-16/h11-12H,4-10H2,1-3H3. The van der Waals surface area contributed by atoms with Crippen LogP contribution < -0.4 is 0 Å². The minimum Gasteiger partial charge on any atom is -0.444 e. The van der Waals surface area contributed by atoms with Crippen molar-refractivity contribution in [1.29, 1.82) is 0 Å². The second kappa shape index (κ2) is 6.42. The number of halogens is 1. The summed E-state index contributed by atoms with van der Waals surface area (Å²) in [6.45, 7) is 7.75. The number of rotatable bonds is 4. The number of carbonyl (C=O) groups excluding carboxylic acids is 2. The highest BCUT2D eigenvalue weighted by Gasteiger charge is 2.38. The van der Waals surface area contributed by atoms with E-state index in [9.17, 15) is 9.59 Å². The predicted octanol–water partition coefficient (Wildman–Crippen LogP) is 2.47. The molecule has 0 aromatic rings. The summed E-state index contributed by atoms with van der Waals surface area (Å²) in [5.41, 5.74) is -0.472. The van der Waals surface area contributed by atoms with Gasteiger partial charge in [0.15, 0.2) is 0 Å². The van der Waals surface area contributed by atoms with Gasteiger partial charge in [-0.25, -0.2) is 4.79 Å². The number of hydrogen-bond donors (Lipinski definition) is 0. The first-order valence-electron chi connectivity index (χ1n) is 7.63. The van der Waals surface area contributed by atoms with Crippen LogP contribution in [0.15, 0.2) is 0 Å². The normalized spacial score (nSPS) is 22.3. The van der Waals surface area contributed by atoms with Gasteiger partial charge in [0.25, 0.3) is 0 Å². The third kappa shape index (κ3) is 4.77. The van der Waals surface area contributed by atoms with Crippen molar-refractivity contribution < 1.29 is 14.3 Å². The SMILES string of the molecule is CC(C)(C)OC(=O)N(CC1CCN(C(=O)CCl)C1)C1CC1. The van der Waals surface area contributed by atoms with Gasteiger partial charge in [0.05, 0.1) is 0 Å². The number of nitrogens with zero attached hydrogens (tertiary/aromatic N) is 2. The van der Waals surface area contributed by atoms with E-state index in [0.29, 0.717) is 25.0 Å². The van der Waals surface area contributed by atoms with E-state index in [0.717, 1.165) is 25.8 Å². The van der Waals surface area contributed by atoms with Gasteiger partial charge in [-0.2, -0.15) is 0 Å². The molecular weight excluding hydrogens is 292 g/mol. The zero-order valence-corrected chi connectivity index (χ0v) is 13.9. The molecule has 0 bridgehead atoms. The summed E-state index contributed by atoms with van der Waals surface area (Å²) < 4.78 is 5.49. The summed E-state index contributed by atoms with van der Waals surface area (Å²) >= 11 is 5.59. The molecule has 0 radical (unpaired) electrons. The van der Waals surface area contributed by atoms with E-state index in [-0.39, 0.29) is 17.9 Å². The molecule has 2 amide bonds. The maximum Gasteiger partial charge on any atom is 0.410 e. The molecule has 2 fully saturated rings. The number of alkyl halides is 1. The Morgan fingerprint density at radius 3 is 2.48 bits per heavy atom. The van der Waals surface area contributed by atoms with Gasteiger partial charge in [-0.1, -0.05) is 0 Å². The minimum atomic E-state index is -0.472. The Morgan fingerprint density at radius 2 is 1.95 bits per heavy atom. The summed E-state index contributed by atoms with van der Waals surface area (Å²) in [6, 6.07) is 0.317. The molecule has 0 N–H and O–H groups in total. The van der Waals surface area contributed by atoms with Gasteiger partial charge in [0, 0.05) is 25.7 Å². The lowest BCUT2D eigenvalue weighted by Gasteiger charge is -2.29. The minimum absolute atomic E-state index is 0.0191. The van der Waals surface area contributed by atoms with E-state index in [4.69, 9.17) is 16.3 Å². The molecule has 1 aliphatic heterocycles. The molecule has 21 heavy (non-hydrogen) atoms. The lowest BCUT2D eigenvalue weighted by Crippen LogP contribution is -2.41. The van der Waals surface area contributed by atoms with Crippen LogP contribution in [0.3, 0.4) is 0 Å². The van der Waals surface area contributed by atoms with Gasteiger partial charge in [0.2, 0.25) is 5.91 Å². The van der Waals surface area contributed by atoms with Crippen molar-refractivity contribution in [2.45, 2.75) is 51.7 Å². The zero-order valence-electron chi connectivity index (χ0n) is 13.1. The van der Waals surface area contributed by atoms with Crippen molar-refractivity contribution in [2.24, 2.45) is 5.92 Å². The first-order chi connectivity index (χ1) is 9.80. The van der Waals surface area contributed by atoms with Crippen LogP contribution in [0.5, 0.6) is 0 Å². The molecule has 1 saturated heterocycles. The molecule has 5 nitrogen and oxygen atoms in total. The van der Waals surface area contributed by atoms with E-state index in [1.807, 2.05) is 25.7 Å². The molecule has 1 aliphatic carbocycles. The maximum absolute atomic E-state index is 12.3. The highest BCUT2D eigenvalue weighted by molar-refractivity contribution is 6.27. The summed E-state index contributed by atoms with van der Waals surface area (Å²) in [7, 11) is 0. The summed E-state index contributed by atoms with van der Waals surface area (Å²) in [5, 5.41) is 0. The van der Waals surface area contributed by atoms with Crippen LogP contribution in [0.2, 0.25) is 0 Å². The summed E-state index contributed by atoms with van der Waals surface area (Å²) in [4.78, 5) is 27.5. The molecule has 0 aromatic carbocycles. The lowest BCUT2D eigenvalue weighted by atomic mass is 10.1. The number of amides is 2. The van der Waals surface area contributed by atoms with Crippen LogP contribution in [0.1, 0.15) is 40.0 Å². The first-order valence-corrected chi connectivity index (χ1v) is 8.17. The van der Waals surface area contributed by atoms with Gasteiger partial charge in [-0.05, 0) is 46.0 Å². The molecule has 2 rings (SSSR count). The topological polar surface area (TPSA) is 49.9 Å². The predicted molar refractivity (Wildman–Crippen MR) is 81.4 cm³/mol. The molecule has 120 valence electrons. The van der Waals surface area contributed by atoms with Crippen molar-refractivity contribution in [3.63, 3.8) is 0 Å². The quantitative estimate of drug-likeness (QED) is 0.749. The highest BCUT2D eigenvalue weighted by atomic mass is 35.5. The van der Waals surface area contributed by atoms with Crippen LogP contribution in [0, 0.1) is 5.92 Å².